The number of unbranched alkanes of at least 4 members (excludes halogenated alkanes) is 11. The maximum absolute atomic E-state index is 15.0. The van der Waals surface area contributed by atoms with Gasteiger partial charge >= 0.3 is 12.1 Å². The van der Waals surface area contributed by atoms with E-state index in [0.29, 0.717) is 35.0 Å². The Balaban J connectivity index is 0.000000265. The lowest BCUT2D eigenvalue weighted by atomic mass is 9.49. The van der Waals surface area contributed by atoms with Gasteiger partial charge in [-0.05, 0) is 91.7 Å². The average molecular weight is 853 g/mol. The molecule has 0 heterocycles. The van der Waals surface area contributed by atoms with Crippen LogP contribution in [0.25, 0.3) is 0 Å². The molecule has 0 aromatic heterocycles. The summed E-state index contributed by atoms with van der Waals surface area (Å²) in [6.45, 7) is 7.69. The van der Waals surface area contributed by atoms with Gasteiger partial charge in [-0.1, -0.05) is 135 Å². The van der Waals surface area contributed by atoms with Crippen LogP contribution in [0.5, 0.6) is 0 Å². The SMILES string of the molecule is CCCCCCCCCCCCCCC1(C=O)CC(C)(C)C1.C[C@]12C[C@H](c3ccc(C(O)CO)cc3)C3=C4CCC(=O)C[C@]4(O)CC[C@H]3[C@@H]1CC[C@@]2(O)C(F)(F)C(F)(F)F. The van der Waals surface area contributed by atoms with Crippen molar-refractivity contribution < 1.29 is 52.0 Å². The number of benzene rings is 1. The number of fused-ring (bicyclic) bond motifs is 4. The van der Waals surface area contributed by atoms with Crippen molar-refractivity contribution in [3.05, 3.63) is 46.5 Å². The highest BCUT2D eigenvalue weighted by Crippen LogP contribution is 2.71. The fourth-order valence-electron chi connectivity index (χ4n) is 12.7. The molecule has 340 valence electrons. The van der Waals surface area contributed by atoms with E-state index in [2.05, 4.69) is 20.8 Å². The van der Waals surface area contributed by atoms with Gasteiger partial charge in [0.05, 0.1) is 12.2 Å². The maximum atomic E-state index is 15.0. The number of aliphatic hydroxyl groups excluding tert-OH is 2. The quantitative estimate of drug-likeness (QED) is 0.0506. The molecule has 4 fully saturated rings. The van der Waals surface area contributed by atoms with E-state index in [1.54, 1.807) is 24.3 Å². The van der Waals surface area contributed by atoms with E-state index in [-0.39, 0.29) is 43.3 Å². The van der Waals surface area contributed by atoms with E-state index in [1.807, 2.05) is 0 Å². The van der Waals surface area contributed by atoms with Gasteiger partial charge in [0.2, 0.25) is 0 Å². The zero-order valence-corrected chi connectivity index (χ0v) is 36.7. The topological polar surface area (TPSA) is 115 Å². The third kappa shape index (κ3) is 9.94. The summed E-state index contributed by atoms with van der Waals surface area (Å²) in [7, 11) is 0. The van der Waals surface area contributed by atoms with Gasteiger partial charge in [-0.3, -0.25) is 4.79 Å². The second kappa shape index (κ2) is 19.3. The molecule has 0 bridgehead atoms. The summed E-state index contributed by atoms with van der Waals surface area (Å²) in [5.41, 5.74) is -3.51. The van der Waals surface area contributed by atoms with E-state index in [1.165, 1.54) is 90.3 Å². The molecule has 4 N–H and O–H groups in total. The van der Waals surface area contributed by atoms with Crippen LogP contribution in [0.2, 0.25) is 0 Å². The fraction of sp³-hybridized carbons (Fsp3) is 0.796. The lowest BCUT2D eigenvalue weighted by Crippen LogP contribution is -2.65. The van der Waals surface area contributed by atoms with Gasteiger partial charge in [0.1, 0.15) is 23.8 Å². The number of alkyl halides is 5. The maximum Gasteiger partial charge on any atom is 0.456 e. The van der Waals surface area contributed by atoms with E-state index in [9.17, 15) is 43.2 Å². The molecule has 60 heavy (non-hydrogen) atoms. The van der Waals surface area contributed by atoms with Gasteiger partial charge in [0, 0.05) is 29.6 Å². The van der Waals surface area contributed by atoms with Crippen molar-refractivity contribution in [1.29, 1.82) is 0 Å². The number of hydrogen-bond acceptors (Lipinski definition) is 6. The summed E-state index contributed by atoms with van der Waals surface area (Å²) in [5.74, 6) is -7.15. The van der Waals surface area contributed by atoms with E-state index < -0.39 is 65.6 Å². The highest BCUT2D eigenvalue weighted by Gasteiger charge is 2.79. The summed E-state index contributed by atoms with van der Waals surface area (Å²) >= 11 is 0. The Morgan fingerprint density at radius 2 is 1.38 bits per heavy atom. The van der Waals surface area contributed by atoms with Crippen LogP contribution >= 0.6 is 0 Å². The predicted octanol–water partition coefficient (Wildman–Crippen LogP) is 11.8. The van der Waals surface area contributed by atoms with Crippen LogP contribution in [0, 0.1) is 28.1 Å². The number of carbonyl (C=O) groups excluding carboxylic acids is 2. The first-order valence-electron chi connectivity index (χ1n) is 23.1. The van der Waals surface area contributed by atoms with E-state index in [0.717, 1.165) is 24.8 Å². The average Bonchev–Trinajstić information content (AvgIpc) is 3.47. The number of allylic oxidation sites excluding steroid dienone is 1. The van der Waals surface area contributed by atoms with E-state index in [4.69, 9.17) is 0 Å². The second-order valence-corrected chi connectivity index (χ2v) is 20.6. The second-order valence-electron chi connectivity index (χ2n) is 20.6. The molecule has 6 rings (SSSR count). The van der Waals surface area contributed by atoms with Gasteiger partial charge in [-0.2, -0.15) is 22.0 Å². The molecule has 1 aromatic rings. The Kier molecular flexibility index (Phi) is 15.7. The van der Waals surface area contributed by atoms with Gasteiger partial charge < -0.3 is 25.2 Å². The number of halogens is 5. The number of hydrogen-bond donors (Lipinski definition) is 4. The van der Waals surface area contributed by atoms with Crippen LogP contribution in [0.15, 0.2) is 35.4 Å². The van der Waals surface area contributed by atoms with Crippen molar-refractivity contribution in [2.45, 2.75) is 211 Å². The van der Waals surface area contributed by atoms with Crippen molar-refractivity contribution >= 4 is 12.1 Å². The molecule has 1 unspecified atom stereocenters. The summed E-state index contributed by atoms with van der Waals surface area (Å²) in [4.78, 5) is 23.6. The Hall–Kier alpha value is -2.21. The highest BCUT2D eigenvalue weighted by molar-refractivity contribution is 5.82. The first-order valence-corrected chi connectivity index (χ1v) is 23.1. The molecule has 1 aromatic carbocycles. The summed E-state index contributed by atoms with van der Waals surface area (Å²) in [5, 5.41) is 42.0. The minimum atomic E-state index is -5.92. The molecule has 0 aliphatic heterocycles. The molecule has 5 aliphatic rings. The van der Waals surface area contributed by atoms with Crippen molar-refractivity contribution in [3.8, 4) is 0 Å². The first kappa shape index (κ1) is 48.8. The molecule has 0 spiro atoms. The normalized spacial score (nSPS) is 31.3. The van der Waals surface area contributed by atoms with Gasteiger partial charge in [-0.25, -0.2) is 0 Å². The third-order valence-electron chi connectivity index (χ3n) is 15.6. The number of ketones is 1. The number of rotatable bonds is 18. The van der Waals surface area contributed by atoms with Crippen LogP contribution in [-0.4, -0.2) is 62.4 Å². The van der Waals surface area contributed by atoms with Gasteiger partial charge in [-0.15, -0.1) is 0 Å². The third-order valence-corrected chi connectivity index (χ3v) is 15.6. The number of carbonyl (C=O) groups is 2. The highest BCUT2D eigenvalue weighted by atomic mass is 19.4. The monoisotopic (exact) mass is 853 g/mol. The lowest BCUT2D eigenvalue weighted by Gasteiger charge is -2.57. The zero-order valence-electron chi connectivity index (χ0n) is 36.7. The largest absolute Gasteiger partial charge is 0.456 e. The van der Waals surface area contributed by atoms with Gasteiger partial charge in [0.15, 0.2) is 0 Å². The van der Waals surface area contributed by atoms with Crippen molar-refractivity contribution in [2.75, 3.05) is 6.61 Å². The number of aldehydes is 1. The smallest absolute Gasteiger partial charge is 0.393 e. The van der Waals surface area contributed by atoms with Crippen molar-refractivity contribution in [2.24, 2.45) is 28.1 Å². The van der Waals surface area contributed by atoms with Crippen LogP contribution in [0.4, 0.5) is 22.0 Å². The molecule has 4 saturated carbocycles. The minimum Gasteiger partial charge on any atom is -0.393 e. The van der Waals surface area contributed by atoms with Crippen molar-refractivity contribution in [1.82, 2.24) is 0 Å². The van der Waals surface area contributed by atoms with Crippen molar-refractivity contribution in [3.63, 3.8) is 0 Å². The summed E-state index contributed by atoms with van der Waals surface area (Å²) in [6, 6.07) is 6.42. The minimum absolute atomic E-state index is 0.00811. The summed E-state index contributed by atoms with van der Waals surface area (Å²) in [6.07, 6.45) is 14.4. The fourth-order valence-corrected chi connectivity index (χ4v) is 12.7. The number of Topliss-reactive ketones (excluding diaryl/α,β-unsaturated/α-hetero) is 1. The molecule has 0 saturated heterocycles. The molecule has 7 atom stereocenters. The standard InChI is InChI=1S/C28H33F5O5.C21H40O/c1-24-13-19(15-2-4-16(5-3-15)22(36)14-34)23-18(8-10-25(37)12-17(35)6-7-21(23)25)20(24)9-11-26(24,38)27(29,30)28(31,32)33;1-4-5-6-7-8-9-10-11-12-13-14-15-16-21(19-22)17-20(2,3)18-21/h2-5,18-20,22,34,36-38H,6-14H2,1H3;19H,4-18H2,1-3H3/t18-,19+,20-,22?,24-,25+,26-;/m0./s1. The zero-order chi connectivity index (χ0) is 44.2. The number of aliphatic hydroxyl groups is 4. The van der Waals surface area contributed by atoms with Gasteiger partial charge in [0.25, 0.3) is 0 Å². The predicted molar refractivity (Wildman–Crippen MR) is 223 cm³/mol. The molecule has 5 aliphatic carbocycles. The Bertz CT molecular complexity index is 1630. The van der Waals surface area contributed by atoms with Crippen LogP contribution < -0.4 is 0 Å². The van der Waals surface area contributed by atoms with E-state index >= 15 is 8.78 Å². The molecular formula is C49H73F5O6. The van der Waals surface area contributed by atoms with Crippen LogP contribution in [-0.2, 0) is 9.59 Å². The first-order chi connectivity index (χ1) is 28.1. The van der Waals surface area contributed by atoms with Crippen LogP contribution in [0.3, 0.4) is 0 Å². The molecule has 0 amide bonds. The van der Waals surface area contributed by atoms with Crippen LogP contribution in [0.1, 0.15) is 199 Å². The summed E-state index contributed by atoms with van der Waals surface area (Å²) < 4.78 is 71.0. The molecule has 6 nitrogen and oxygen atoms in total. The molecule has 0 radical (unpaired) electrons. The Morgan fingerprint density at radius 3 is 1.90 bits per heavy atom. The Morgan fingerprint density at radius 1 is 0.817 bits per heavy atom. The molecule has 11 heteroatoms. The Labute approximate surface area is 355 Å². The lowest BCUT2D eigenvalue weighted by molar-refractivity contribution is -0.362. The molecular weight excluding hydrogens is 780 g/mol.